The van der Waals surface area contributed by atoms with Crippen LogP contribution >= 0.6 is 11.6 Å². The summed E-state index contributed by atoms with van der Waals surface area (Å²) in [6.45, 7) is 0. The van der Waals surface area contributed by atoms with E-state index in [4.69, 9.17) is 11.6 Å². The maximum Gasteiger partial charge on any atom is 0.256 e. The van der Waals surface area contributed by atoms with Gasteiger partial charge in [0.2, 0.25) is 0 Å². The van der Waals surface area contributed by atoms with Gasteiger partial charge >= 0.3 is 0 Å². The smallest absolute Gasteiger partial charge is 0.256 e. The van der Waals surface area contributed by atoms with Crippen LogP contribution in [0.5, 0.6) is 0 Å². The number of carbonyl (C=O) groups is 1. The van der Waals surface area contributed by atoms with Crippen molar-refractivity contribution in [1.82, 2.24) is 4.98 Å². The summed E-state index contributed by atoms with van der Waals surface area (Å²) in [5.41, 5.74) is 2.64. The highest BCUT2D eigenvalue weighted by Crippen LogP contribution is 2.27. The molecule has 3 nitrogen and oxygen atoms in total. The number of nitrogens with one attached hydrogen (secondary N) is 1. The SMILES string of the molecule is O=C(Nc1ccccc1F)c1cc(-c2cccc(Cl)c2)nc2ccccc12. The van der Waals surface area contributed by atoms with Crippen molar-refractivity contribution >= 4 is 34.1 Å². The maximum absolute atomic E-state index is 13.9. The second kappa shape index (κ2) is 7.17. The van der Waals surface area contributed by atoms with Crippen molar-refractivity contribution in [1.29, 1.82) is 0 Å². The summed E-state index contributed by atoms with van der Waals surface area (Å²) in [4.78, 5) is 17.5. The Labute approximate surface area is 160 Å². The zero-order chi connectivity index (χ0) is 18.8. The van der Waals surface area contributed by atoms with Crippen molar-refractivity contribution in [2.75, 3.05) is 5.32 Å². The minimum absolute atomic E-state index is 0.132. The molecule has 1 heterocycles. The Bertz CT molecular complexity index is 1160. The number of nitrogens with zero attached hydrogens (tertiary/aromatic N) is 1. The molecule has 0 atom stereocenters. The fourth-order valence-electron chi connectivity index (χ4n) is 2.91. The van der Waals surface area contributed by atoms with E-state index in [1.807, 2.05) is 36.4 Å². The molecule has 0 aliphatic carbocycles. The average Bonchev–Trinajstić information content (AvgIpc) is 2.69. The summed E-state index contributed by atoms with van der Waals surface area (Å²) in [6, 6.07) is 22.4. The Hall–Kier alpha value is -3.24. The average molecular weight is 377 g/mol. The molecule has 0 aliphatic rings. The quantitative estimate of drug-likeness (QED) is 0.480. The molecule has 0 saturated carbocycles. The van der Waals surface area contributed by atoms with Crippen LogP contribution in [0.4, 0.5) is 10.1 Å². The van der Waals surface area contributed by atoms with E-state index in [0.717, 1.165) is 5.56 Å². The number of amides is 1. The monoisotopic (exact) mass is 376 g/mol. The van der Waals surface area contributed by atoms with Crippen molar-refractivity contribution in [2.24, 2.45) is 0 Å². The molecular formula is C22H14ClFN2O. The summed E-state index contributed by atoms with van der Waals surface area (Å²) in [5, 5.41) is 3.92. The third kappa shape index (κ3) is 3.52. The second-order valence-electron chi connectivity index (χ2n) is 6.02. The van der Waals surface area contributed by atoms with Crippen LogP contribution in [0, 0.1) is 5.82 Å². The van der Waals surface area contributed by atoms with Gasteiger partial charge in [-0.3, -0.25) is 4.79 Å². The van der Waals surface area contributed by atoms with Gasteiger partial charge in [0.15, 0.2) is 0 Å². The zero-order valence-electron chi connectivity index (χ0n) is 14.1. The number of halogens is 2. The number of aromatic nitrogens is 1. The van der Waals surface area contributed by atoms with E-state index in [1.165, 1.54) is 12.1 Å². The lowest BCUT2D eigenvalue weighted by atomic mass is 10.0. The second-order valence-corrected chi connectivity index (χ2v) is 6.45. The fraction of sp³-hybridized carbons (Fsp3) is 0. The van der Waals surface area contributed by atoms with Gasteiger partial charge in [-0.1, -0.05) is 54.1 Å². The van der Waals surface area contributed by atoms with Crippen molar-refractivity contribution in [3.05, 3.63) is 95.3 Å². The third-order valence-electron chi connectivity index (χ3n) is 4.20. The lowest BCUT2D eigenvalue weighted by Crippen LogP contribution is -2.14. The van der Waals surface area contributed by atoms with Gasteiger partial charge in [0.25, 0.3) is 5.91 Å². The largest absolute Gasteiger partial charge is 0.319 e. The molecule has 0 bridgehead atoms. The predicted molar refractivity (Wildman–Crippen MR) is 107 cm³/mol. The highest BCUT2D eigenvalue weighted by Gasteiger charge is 2.15. The van der Waals surface area contributed by atoms with E-state index in [2.05, 4.69) is 10.3 Å². The van der Waals surface area contributed by atoms with Crippen molar-refractivity contribution in [3.63, 3.8) is 0 Å². The Kier molecular flexibility index (Phi) is 4.57. The maximum atomic E-state index is 13.9. The van der Waals surface area contributed by atoms with Crippen LogP contribution in [0.3, 0.4) is 0 Å². The summed E-state index contributed by atoms with van der Waals surface area (Å²) in [7, 11) is 0. The number of hydrogen-bond donors (Lipinski definition) is 1. The number of pyridine rings is 1. The van der Waals surface area contributed by atoms with Crippen molar-refractivity contribution < 1.29 is 9.18 Å². The molecule has 0 fully saturated rings. The van der Waals surface area contributed by atoms with Crippen LogP contribution in [0.15, 0.2) is 78.9 Å². The zero-order valence-corrected chi connectivity index (χ0v) is 14.9. The van der Waals surface area contributed by atoms with Gasteiger partial charge in [0.05, 0.1) is 22.5 Å². The fourth-order valence-corrected chi connectivity index (χ4v) is 3.10. The summed E-state index contributed by atoms with van der Waals surface area (Å²) >= 11 is 6.09. The van der Waals surface area contributed by atoms with Gasteiger partial charge in [-0.15, -0.1) is 0 Å². The minimum atomic E-state index is -0.487. The first kappa shape index (κ1) is 17.2. The molecule has 0 aliphatic heterocycles. The van der Waals surface area contributed by atoms with E-state index in [9.17, 15) is 9.18 Å². The topological polar surface area (TPSA) is 42.0 Å². The van der Waals surface area contributed by atoms with E-state index >= 15 is 0 Å². The molecule has 0 saturated heterocycles. The van der Waals surface area contributed by atoms with Gasteiger partial charge in [-0.05, 0) is 36.4 Å². The standard InChI is InChI=1S/C22H14ClFN2O/c23-15-7-5-6-14(12-15)21-13-17(16-8-1-3-10-19(16)25-21)22(27)26-20-11-4-2-9-18(20)24/h1-13H,(H,26,27). The number of benzene rings is 3. The van der Waals surface area contributed by atoms with Crippen LogP contribution in [0.2, 0.25) is 5.02 Å². The minimum Gasteiger partial charge on any atom is -0.319 e. The summed E-state index contributed by atoms with van der Waals surface area (Å²) in [5.74, 6) is -0.888. The van der Waals surface area contributed by atoms with E-state index in [1.54, 1.807) is 30.3 Å². The van der Waals surface area contributed by atoms with Crippen molar-refractivity contribution in [2.45, 2.75) is 0 Å². The first-order valence-electron chi connectivity index (χ1n) is 8.33. The predicted octanol–water partition coefficient (Wildman–Crippen LogP) is 5.95. The van der Waals surface area contributed by atoms with Crippen LogP contribution in [0.25, 0.3) is 22.2 Å². The van der Waals surface area contributed by atoms with Gasteiger partial charge in [0.1, 0.15) is 5.82 Å². The summed E-state index contributed by atoms with van der Waals surface area (Å²) in [6.07, 6.45) is 0. The molecule has 4 aromatic rings. The van der Waals surface area contributed by atoms with Gasteiger partial charge < -0.3 is 5.32 Å². The number of hydrogen-bond acceptors (Lipinski definition) is 2. The Morgan fingerprint density at radius 2 is 1.70 bits per heavy atom. The van der Waals surface area contributed by atoms with Gasteiger partial charge in [-0.25, -0.2) is 9.37 Å². The van der Waals surface area contributed by atoms with Crippen LogP contribution in [-0.2, 0) is 0 Å². The molecule has 1 N–H and O–H groups in total. The normalized spacial score (nSPS) is 10.7. The molecule has 0 spiro atoms. The highest BCUT2D eigenvalue weighted by atomic mass is 35.5. The van der Waals surface area contributed by atoms with Gasteiger partial charge in [0, 0.05) is 16.0 Å². The van der Waals surface area contributed by atoms with E-state index in [0.29, 0.717) is 27.2 Å². The molecule has 132 valence electrons. The van der Waals surface area contributed by atoms with Crippen LogP contribution in [0.1, 0.15) is 10.4 Å². The van der Waals surface area contributed by atoms with E-state index < -0.39 is 11.7 Å². The molecule has 0 unspecified atom stereocenters. The van der Waals surface area contributed by atoms with E-state index in [-0.39, 0.29) is 5.69 Å². The number of para-hydroxylation sites is 2. The lowest BCUT2D eigenvalue weighted by Gasteiger charge is -2.11. The van der Waals surface area contributed by atoms with Crippen LogP contribution in [-0.4, -0.2) is 10.9 Å². The molecule has 0 radical (unpaired) electrons. The first-order valence-corrected chi connectivity index (χ1v) is 8.71. The summed E-state index contributed by atoms with van der Waals surface area (Å²) < 4.78 is 13.9. The number of carbonyl (C=O) groups excluding carboxylic acids is 1. The Morgan fingerprint density at radius 3 is 2.52 bits per heavy atom. The number of rotatable bonds is 3. The van der Waals surface area contributed by atoms with Crippen molar-refractivity contribution in [3.8, 4) is 11.3 Å². The molecule has 5 heteroatoms. The number of anilines is 1. The highest BCUT2D eigenvalue weighted by molar-refractivity contribution is 6.30. The van der Waals surface area contributed by atoms with Gasteiger partial charge in [-0.2, -0.15) is 0 Å². The first-order chi connectivity index (χ1) is 13.1. The Morgan fingerprint density at radius 1 is 0.926 bits per heavy atom. The molecular weight excluding hydrogens is 363 g/mol. The molecule has 4 rings (SSSR count). The molecule has 27 heavy (non-hydrogen) atoms. The molecule has 1 aromatic heterocycles. The number of fused-ring (bicyclic) bond motifs is 1. The Balaban J connectivity index is 1.83. The lowest BCUT2D eigenvalue weighted by molar-refractivity contribution is 0.102. The molecule has 3 aromatic carbocycles. The molecule has 1 amide bonds. The van der Waals surface area contributed by atoms with Crippen LogP contribution < -0.4 is 5.32 Å². The third-order valence-corrected chi connectivity index (χ3v) is 4.44.